The molecule has 0 aliphatic carbocycles. The number of phenolic OH excluding ortho intramolecular Hbond substituents is 2. The molecule has 2 aromatic heterocycles. The quantitative estimate of drug-likeness (QED) is 0.649. The van der Waals surface area contributed by atoms with Gasteiger partial charge in [0.25, 0.3) is 5.56 Å². The number of benzene rings is 1. The van der Waals surface area contributed by atoms with Crippen molar-refractivity contribution in [3.05, 3.63) is 64.1 Å². The van der Waals surface area contributed by atoms with Gasteiger partial charge in [-0.2, -0.15) is 0 Å². The Morgan fingerprint density at radius 3 is 2.77 bits per heavy atom. The zero-order valence-electron chi connectivity index (χ0n) is 13.9. The van der Waals surface area contributed by atoms with Crippen molar-refractivity contribution in [1.29, 1.82) is 0 Å². The van der Waals surface area contributed by atoms with Crippen LogP contribution in [0, 0.1) is 0 Å². The van der Waals surface area contributed by atoms with Crippen molar-refractivity contribution in [1.82, 2.24) is 24.8 Å². The fourth-order valence-corrected chi connectivity index (χ4v) is 3.11. The summed E-state index contributed by atoms with van der Waals surface area (Å²) in [5, 5.41) is 19.4. The van der Waals surface area contributed by atoms with E-state index in [-0.39, 0.29) is 17.1 Å². The number of hydrogen-bond donors (Lipinski definition) is 3. The van der Waals surface area contributed by atoms with Gasteiger partial charge in [-0.1, -0.05) is 6.07 Å². The van der Waals surface area contributed by atoms with E-state index >= 15 is 0 Å². The summed E-state index contributed by atoms with van der Waals surface area (Å²) in [6.45, 7) is 1.69. The number of aromatic hydroxyl groups is 2. The fourth-order valence-electron chi connectivity index (χ4n) is 3.11. The molecule has 0 unspecified atom stereocenters. The summed E-state index contributed by atoms with van der Waals surface area (Å²) < 4.78 is 0. The molecule has 0 spiro atoms. The summed E-state index contributed by atoms with van der Waals surface area (Å²) >= 11 is 0. The molecular formula is C18H17N5O3. The van der Waals surface area contributed by atoms with Crippen molar-refractivity contribution in [2.45, 2.75) is 19.5 Å². The zero-order valence-corrected chi connectivity index (χ0v) is 13.9. The van der Waals surface area contributed by atoms with Crippen LogP contribution in [0.3, 0.4) is 0 Å². The van der Waals surface area contributed by atoms with Crippen LogP contribution in [0.4, 0.5) is 0 Å². The molecule has 4 rings (SSSR count). The Morgan fingerprint density at radius 2 is 2.00 bits per heavy atom. The van der Waals surface area contributed by atoms with Gasteiger partial charge in [-0.3, -0.25) is 9.69 Å². The molecule has 0 saturated heterocycles. The van der Waals surface area contributed by atoms with E-state index in [9.17, 15) is 15.0 Å². The Kier molecular flexibility index (Phi) is 4.10. The van der Waals surface area contributed by atoms with E-state index in [0.717, 1.165) is 5.69 Å². The summed E-state index contributed by atoms with van der Waals surface area (Å²) in [7, 11) is 0. The van der Waals surface area contributed by atoms with Crippen LogP contribution in [0.2, 0.25) is 0 Å². The number of rotatable bonds is 3. The molecule has 0 saturated carbocycles. The van der Waals surface area contributed by atoms with Crippen molar-refractivity contribution in [2.75, 3.05) is 6.54 Å². The predicted molar refractivity (Wildman–Crippen MR) is 93.5 cm³/mol. The molecule has 3 aromatic rings. The number of hydrogen-bond acceptors (Lipinski definition) is 7. The van der Waals surface area contributed by atoms with Crippen LogP contribution in [0.5, 0.6) is 11.5 Å². The molecule has 0 radical (unpaired) electrons. The SMILES string of the molecule is O=c1[nH]c(-c2cncnc2)nc2c1CCN(Cc1ccc(O)cc1O)C2. The van der Waals surface area contributed by atoms with Crippen molar-refractivity contribution < 1.29 is 10.2 Å². The summed E-state index contributed by atoms with van der Waals surface area (Å²) in [6, 6.07) is 4.56. The molecule has 26 heavy (non-hydrogen) atoms. The summed E-state index contributed by atoms with van der Waals surface area (Å²) in [5.74, 6) is 0.527. The van der Waals surface area contributed by atoms with Gasteiger partial charge in [0.05, 0.1) is 11.3 Å². The topological polar surface area (TPSA) is 115 Å². The Labute approximate surface area is 148 Å². The van der Waals surface area contributed by atoms with Gasteiger partial charge < -0.3 is 15.2 Å². The molecule has 0 fully saturated rings. The van der Waals surface area contributed by atoms with E-state index in [1.807, 2.05) is 0 Å². The maximum absolute atomic E-state index is 12.4. The first-order valence-corrected chi connectivity index (χ1v) is 8.21. The van der Waals surface area contributed by atoms with Crippen molar-refractivity contribution in [3.8, 4) is 22.9 Å². The van der Waals surface area contributed by atoms with Gasteiger partial charge >= 0.3 is 0 Å². The lowest BCUT2D eigenvalue weighted by Gasteiger charge is -2.28. The molecule has 0 bridgehead atoms. The van der Waals surface area contributed by atoms with Gasteiger partial charge in [-0.05, 0) is 12.5 Å². The summed E-state index contributed by atoms with van der Waals surface area (Å²) in [5.41, 5.74) is 2.64. The third-order valence-electron chi connectivity index (χ3n) is 4.45. The van der Waals surface area contributed by atoms with Crippen molar-refractivity contribution in [3.63, 3.8) is 0 Å². The fraction of sp³-hybridized carbons (Fsp3) is 0.222. The second-order valence-corrected chi connectivity index (χ2v) is 6.24. The molecule has 1 aliphatic rings. The van der Waals surface area contributed by atoms with Crippen LogP contribution in [0.1, 0.15) is 16.8 Å². The minimum Gasteiger partial charge on any atom is -0.508 e. The second-order valence-electron chi connectivity index (χ2n) is 6.24. The monoisotopic (exact) mass is 351 g/mol. The summed E-state index contributed by atoms with van der Waals surface area (Å²) in [4.78, 5) is 29.8. The van der Waals surface area contributed by atoms with Crippen molar-refractivity contribution in [2.24, 2.45) is 0 Å². The standard InChI is InChI=1S/C18H17N5O3/c24-13-2-1-11(16(25)5-13)8-23-4-3-14-15(9-23)21-17(22-18(14)26)12-6-19-10-20-7-12/h1-2,5-7,10,24-25H,3-4,8-9H2,(H,21,22,26). The third kappa shape index (κ3) is 3.14. The van der Waals surface area contributed by atoms with Crippen LogP contribution < -0.4 is 5.56 Å². The van der Waals surface area contributed by atoms with Crippen LogP contribution >= 0.6 is 0 Å². The van der Waals surface area contributed by atoms with Gasteiger partial charge in [0.2, 0.25) is 0 Å². The Balaban J connectivity index is 1.61. The second kappa shape index (κ2) is 6.57. The molecule has 0 atom stereocenters. The van der Waals surface area contributed by atoms with Crippen LogP contribution in [0.15, 0.2) is 41.7 Å². The average molecular weight is 351 g/mol. The van der Waals surface area contributed by atoms with E-state index < -0.39 is 0 Å². The molecule has 1 aromatic carbocycles. The highest BCUT2D eigenvalue weighted by molar-refractivity contribution is 5.52. The molecular weight excluding hydrogens is 334 g/mol. The molecule has 1 aliphatic heterocycles. The number of nitrogens with zero attached hydrogens (tertiary/aromatic N) is 4. The average Bonchev–Trinajstić information content (AvgIpc) is 2.64. The number of H-pyrrole nitrogens is 1. The van der Waals surface area contributed by atoms with Gasteiger partial charge in [0.15, 0.2) is 0 Å². The maximum atomic E-state index is 12.4. The van der Waals surface area contributed by atoms with E-state index in [0.29, 0.717) is 48.6 Å². The van der Waals surface area contributed by atoms with Gasteiger partial charge in [-0.25, -0.2) is 15.0 Å². The first kappa shape index (κ1) is 16.2. The highest BCUT2D eigenvalue weighted by Gasteiger charge is 2.22. The van der Waals surface area contributed by atoms with Crippen LogP contribution in [0.25, 0.3) is 11.4 Å². The van der Waals surface area contributed by atoms with E-state index in [1.54, 1.807) is 24.5 Å². The molecule has 132 valence electrons. The number of phenols is 2. The lowest BCUT2D eigenvalue weighted by Crippen LogP contribution is -2.35. The number of aromatic nitrogens is 4. The van der Waals surface area contributed by atoms with E-state index in [1.165, 1.54) is 12.4 Å². The molecule has 0 amide bonds. The van der Waals surface area contributed by atoms with Gasteiger partial charge in [0.1, 0.15) is 23.7 Å². The minimum absolute atomic E-state index is 0.0261. The van der Waals surface area contributed by atoms with Gasteiger partial charge in [0, 0.05) is 49.2 Å². The number of aromatic amines is 1. The molecule has 3 heterocycles. The molecule has 8 heteroatoms. The van der Waals surface area contributed by atoms with Crippen LogP contribution in [-0.2, 0) is 19.5 Å². The molecule has 3 N–H and O–H groups in total. The molecule has 8 nitrogen and oxygen atoms in total. The highest BCUT2D eigenvalue weighted by atomic mass is 16.3. The predicted octanol–water partition coefficient (Wildman–Crippen LogP) is 1.20. The zero-order chi connectivity index (χ0) is 18.1. The Morgan fingerprint density at radius 1 is 1.19 bits per heavy atom. The summed E-state index contributed by atoms with van der Waals surface area (Å²) in [6.07, 6.45) is 5.22. The smallest absolute Gasteiger partial charge is 0.254 e. The van der Waals surface area contributed by atoms with E-state index in [2.05, 4.69) is 24.8 Å². The Hall–Kier alpha value is -3.26. The largest absolute Gasteiger partial charge is 0.508 e. The first-order chi connectivity index (χ1) is 12.6. The van der Waals surface area contributed by atoms with Gasteiger partial charge in [-0.15, -0.1) is 0 Å². The normalized spacial score (nSPS) is 14.2. The lowest BCUT2D eigenvalue weighted by atomic mass is 10.0. The van der Waals surface area contributed by atoms with Crippen molar-refractivity contribution >= 4 is 0 Å². The lowest BCUT2D eigenvalue weighted by molar-refractivity contribution is 0.237. The highest BCUT2D eigenvalue weighted by Crippen LogP contribution is 2.26. The first-order valence-electron chi connectivity index (χ1n) is 8.21. The van der Waals surface area contributed by atoms with E-state index in [4.69, 9.17) is 0 Å². The Bertz CT molecular complexity index is 1000. The minimum atomic E-state index is -0.138. The number of fused-ring (bicyclic) bond motifs is 1. The number of nitrogens with one attached hydrogen (secondary N) is 1. The third-order valence-corrected chi connectivity index (χ3v) is 4.45. The maximum Gasteiger partial charge on any atom is 0.254 e. The van der Waals surface area contributed by atoms with Crippen LogP contribution in [-0.4, -0.2) is 41.6 Å².